The number of hydrogen-bond acceptors (Lipinski definition) is 5. The standard InChI is InChI=1S/C20H29N5O4/c21-20(23-11-5-4-10-17(26)27)25-19(29)16(13-14-7-2-1-3-8-14)24-18(28)15-9-6-12-22-15/h1-3,7-8,15-16,22H,4-6,9-13H2,(H,24,28)(H,26,27)(H3,21,23,25,29)/t15-,16-/m0/s1. The third kappa shape index (κ3) is 8.30. The van der Waals surface area contributed by atoms with Crippen LogP contribution in [0.3, 0.4) is 0 Å². The molecule has 29 heavy (non-hydrogen) atoms. The summed E-state index contributed by atoms with van der Waals surface area (Å²) in [6, 6.07) is 8.33. The molecule has 1 heterocycles. The van der Waals surface area contributed by atoms with Gasteiger partial charge in [-0.1, -0.05) is 30.3 Å². The Labute approximate surface area is 170 Å². The van der Waals surface area contributed by atoms with Gasteiger partial charge in [-0.25, -0.2) is 0 Å². The Morgan fingerprint density at radius 2 is 2.00 bits per heavy atom. The average Bonchev–Trinajstić information content (AvgIpc) is 3.22. The summed E-state index contributed by atoms with van der Waals surface area (Å²) in [6.45, 7) is 1.11. The van der Waals surface area contributed by atoms with Gasteiger partial charge in [0.2, 0.25) is 11.8 Å². The van der Waals surface area contributed by atoms with Crippen LogP contribution in [0.5, 0.6) is 0 Å². The molecule has 2 amide bonds. The van der Waals surface area contributed by atoms with Crippen LogP contribution in [0.2, 0.25) is 0 Å². The minimum absolute atomic E-state index is 0.0448. The van der Waals surface area contributed by atoms with Gasteiger partial charge in [0.25, 0.3) is 0 Å². The second-order valence-electron chi connectivity index (χ2n) is 7.01. The number of nitrogens with one attached hydrogen (secondary N) is 3. The number of aliphatic carboxylic acids is 1. The van der Waals surface area contributed by atoms with E-state index in [9.17, 15) is 14.4 Å². The Kier molecular flexibility index (Phi) is 9.10. The van der Waals surface area contributed by atoms with Crippen LogP contribution in [0.15, 0.2) is 35.3 Å². The predicted molar refractivity (Wildman–Crippen MR) is 109 cm³/mol. The van der Waals surface area contributed by atoms with E-state index in [0.29, 0.717) is 25.8 Å². The molecule has 2 atom stereocenters. The van der Waals surface area contributed by atoms with Crippen molar-refractivity contribution < 1.29 is 19.5 Å². The molecular formula is C20H29N5O4. The topological polar surface area (TPSA) is 146 Å². The molecule has 9 heteroatoms. The van der Waals surface area contributed by atoms with Crippen LogP contribution < -0.4 is 21.7 Å². The maximum absolute atomic E-state index is 12.7. The molecule has 0 spiro atoms. The lowest BCUT2D eigenvalue weighted by Crippen LogP contribution is -2.54. The van der Waals surface area contributed by atoms with Gasteiger partial charge in [-0.3, -0.25) is 24.7 Å². The van der Waals surface area contributed by atoms with Gasteiger partial charge in [0.05, 0.1) is 6.04 Å². The van der Waals surface area contributed by atoms with Gasteiger partial charge in [0, 0.05) is 19.4 Å². The zero-order valence-corrected chi connectivity index (χ0v) is 16.4. The van der Waals surface area contributed by atoms with Crippen molar-refractivity contribution >= 4 is 23.7 Å². The van der Waals surface area contributed by atoms with Gasteiger partial charge in [-0.15, -0.1) is 0 Å². The Morgan fingerprint density at radius 3 is 2.66 bits per heavy atom. The van der Waals surface area contributed by atoms with Crippen molar-refractivity contribution in [2.24, 2.45) is 10.7 Å². The number of carbonyl (C=O) groups excluding carboxylic acids is 2. The third-order valence-corrected chi connectivity index (χ3v) is 4.62. The number of guanidine groups is 1. The number of carboxylic acid groups (broad SMARTS) is 1. The Balaban J connectivity index is 1.93. The zero-order valence-electron chi connectivity index (χ0n) is 16.4. The van der Waals surface area contributed by atoms with Crippen molar-refractivity contribution in [1.82, 2.24) is 16.0 Å². The highest BCUT2D eigenvalue weighted by Gasteiger charge is 2.27. The zero-order chi connectivity index (χ0) is 21.1. The van der Waals surface area contributed by atoms with Gasteiger partial charge < -0.3 is 21.5 Å². The summed E-state index contributed by atoms with van der Waals surface area (Å²) in [5.41, 5.74) is 6.69. The molecule has 1 aliphatic heterocycles. The van der Waals surface area contributed by atoms with Crippen LogP contribution >= 0.6 is 0 Å². The van der Waals surface area contributed by atoms with Gasteiger partial charge in [-0.2, -0.15) is 0 Å². The number of rotatable bonds is 10. The van der Waals surface area contributed by atoms with E-state index in [2.05, 4.69) is 20.9 Å². The molecule has 1 aromatic carbocycles. The van der Waals surface area contributed by atoms with E-state index in [4.69, 9.17) is 10.8 Å². The van der Waals surface area contributed by atoms with Crippen LogP contribution in [0, 0.1) is 0 Å². The van der Waals surface area contributed by atoms with E-state index in [1.165, 1.54) is 0 Å². The first-order valence-corrected chi connectivity index (χ1v) is 9.86. The van der Waals surface area contributed by atoms with Crippen molar-refractivity contribution in [2.75, 3.05) is 13.1 Å². The highest BCUT2D eigenvalue weighted by atomic mass is 16.4. The SMILES string of the molecule is NC(=NCCCCC(=O)O)NC(=O)[C@H](Cc1ccccc1)NC(=O)[C@@H]1CCCN1. The number of carboxylic acids is 1. The monoisotopic (exact) mass is 403 g/mol. The third-order valence-electron chi connectivity index (χ3n) is 4.62. The Hall–Kier alpha value is -2.94. The fourth-order valence-electron chi connectivity index (χ4n) is 3.08. The quantitative estimate of drug-likeness (QED) is 0.214. The molecule has 0 unspecified atom stereocenters. The molecule has 0 aliphatic carbocycles. The molecule has 1 saturated heterocycles. The van der Waals surface area contributed by atoms with Crippen LogP contribution in [0.1, 0.15) is 37.7 Å². The maximum Gasteiger partial charge on any atom is 0.303 e. The van der Waals surface area contributed by atoms with Gasteiger partial charge >= 0.3 is 5.97 Å². The predicted octanol–water partition coefficient (Wildman–Crippen LogP) is 0.152. The van der Waals surface area contributed by atoms with Crippen molar-refractivity contribution in [3.05, 3.63) is 35.9 Å². The summed E-state index contributed by atoms with van der Waals surface area (Å²) in [5.74, 6) is -1.54. The summed E-state index contributed by atoms with van der Waals surface area (Å²) in [4.78, 5) is 39.7. The highest BCUT2D eigenvalue weighted by Crippen LogP contribution is 2.08. The lowest BCUT2D eigenvalue weighted by Gasteiger charge is -2.20. The second kappa shape index (κ2) is 11.8. The van der Waals surface area contributed by atoms with Gasteiger partial charge in [-0.05, 0) is 37.8 Å². The molecule has 6 N–H and O–H groups in total. The van der Waals surface area contributed by atoms with Gasteiger partial charge in [0.1, 0.15) is 6.04 Å². The van der Waals surface area contributed by atoms with Gasteiger partial charge in [0.15, 0.2) is 5.96 Å². The van der Waals surface area contributed by atoms with Crippen LogP contribution in [-0.2, 0) is 20.8 Å². The van der Waals surface area contributed by atoms with E-state index in [-0.39, 0.29) is 24.3 Å². The van der Waals surface area contributed by atoms with Crippen LogP contribution in [0.25, 0.3) is 0 Å². The molecule has 1 fully saturated rings. The number of nitrogens with zero attached hydrogens (tertiary/aromatic N) is 1. The number of unbranched alkanes of at least 4 members (excludes halogenated alkanes) is 1. The van der Waals surface area contributed by atoms with Crippen molar-refractivity contribution in [2.45, 2.75) is 50.6 Å². The first-order chi connectivity index (χ1) is 14.0. The minimum Gasteiger partial charge on any atom is -0.481 e. The number of aliphatic imine (C=N–C) groups is 1. The molecule has 0 radical (unpaired) electrons. The second-order valence-corrected chi connectivity index (χ2v) is 7.01. The lowest BCUT2D eigenvalue weighted by molar-refractivity contribution is -0.137. The fraction of sp³-hybridized carbons (Fsp3) is 0.500. The Bertz CT molecular complexity index is 717. The number of carbonyl (C=O) groups is 3. The van der Waals surface area contributed by atoms with E-state index in [0.717, 1.165) is 24.9 Å². The Morgan fingerprint density at radius 1 is 1.24 bits per heavy atom. The normalized spacial score (nSPS) is 17.5. The summed E-state index contributed by atoms with van der Waals surface area (Å²) < 4.78 is 0. The molecule has 2 rings (SSSR count). The first kappa shape index (κ1) is 22.4. The summed E-state index contributed by atoms with van der Waals surface area (Å²) in [6.07, 6.45) is 3.11. The molecule has 158 valence electrons. The lowest BCUT2D eigenvalue weighted by atomic mass is 10.0. The average molecular weight is 403 g/mol. The number of benzene rings is 1. The molecule has 0 aromatic heterocycles. The summed E-state index contributed by atoms with van der Waals surface area (Å²) in [7, 11) is 0. The molecule has 1 aromatic rings. The molecule has 1 aliphatic rings. The van der Waals surface area contributed by atoms with E-state index in [1.54, 1.807) is 0 Å². The highest BCUT2D eigenvalue weighted by molar-refractivity contribution is 6.00. The molecule has 9 nitrogen and oxygen atoms in total. The minimum atomic E-state index is -0.855. The molecule has 0 saturated carbocycles. The van der Waals surface area contributed by atoms with E-state index in [1.807, 2.05) is 30.3 Å². The molecule has 0 bridgehead atoms. The maximum atomic E-state index is 12.7. The van der Waals surface area contributed by atoms with Crippen LogP contribution in [0.4, 0.5) is 0 Å². The fourth-order valence-corrected chi connectivity index (χ4v) is 3.08. The summed E-state index contributed by atoms with van der Waals surface area (Å²) in [5, 5.41) is 17.1. The van der Waals surface area contributed by atoms with Crippen molar-refractivity contribution in [1.29, 1.82) is 0 Å². The number of nitrogens with two attached hydrogens (primary N) is 1. The van der Waals surface area contributed by atoms with Crippen LogP contribution in [-0.4, -0.2) is 54.0 Å². The van der Waals surface area contributed by atoms with Crippen molar-refractivity contribution in [3.63, 3.8) is 0 Å². The largest absolute Gasteiger partial charge is 0.481 e. The molecular weight excluding hydrogens is 374 g/mol. The number of amides is 2. The van der Waals surface area contributed by atoms with E-state index < -0.39 is 17.9 Å². The first-order valence-electron chi connectivity index (χ1n) is 9.86. The van der Waals surface area contributed by atoms with Crippen molar-refractivity contribution in [3.8, 4) is 0 Å². The summed E-state index contributed by atoms with van der Waals surface area (Å²) >= 11 is 0. The smallest absolute Gasteiger partial charge is 0.303 e. The van der Waals surface area contributed by atoms with E-state index >= 15 is 0 Å². The number of hydrogen-bond donors (Lipinski definition) is 5.